The average molecular weight is 491 g/mol. The van der Waals surface area contributed by atoms with E-state index in [9.17, 15) is 4.79 Å². The molecule has 6 rings (SSSR count). The number of rotatable bonds is 6. The second-order valence-corrected chi connectivity index (χ2v) is 9.72. The van der Waals surface area contributed by atoms with Crippen molar-refractivity contribution in [3.05, 3.63) is 102 Å². The molecule has 186 valence electrons. The van der Waals surface area contributed by atoms with Gasteiger partial charge in [0.1, 0.15) is 5.92 Å². The van der Waals surface area contributed by atoms with Crippen molar-refractivity contribution in [2.45, 2.75) is 31.6 Å². The lowest BCUT2D eigenvalue weighted by molar-refractivity contribution is -0.118. The molecule has 7 heteroatoms. The summed E-state index contributed by atoms with van der Waals surface area (Å²) in [5.74, 6) is -0.568. The molecule has 2 aromatic carbocycles. The summed E-state index contributed by atoms with van der Waals surface area (Å²) in [6.07, 6.45) is 12.0. The maximum Gasteiger partial charge on any atom is 0.231 e. The zero-order chi connectivity index (χ0) is 25.4. The van der Waals surface area contributed by atoms with E-state index < -0.39 is 11.8 Å². The molecule has 7 nitrogen and oxygen atoms in total. The predicted octanol–water partition coefficient (Wildman–Crippen LogP) is 5.21. The lowest BCUT2D eigenvalue weighted by Crippen LogP contribution is -2.28. The van der Waals surface area contributed by atoms with Gasteiger partial charge in [0.15, 0.2) is 5.65 Å². The number of hydrogen-bond donors (Lipinski definition) is 2. The van der Waals surface area contributed by atoms with Crippen LogP contribution in [0.5, 0.6) is 0 Å². The van der Waals surface area contributed by atoms with Crippen LogP contribution in [0.15, 0.2) is 85.5 Å². The molecule has 0 saturated carbocycles. The lowest BCUT2D eigenvalue weighted by Gasteiger charge is -2.31. The molecule has 37 heavy (non-hydrogen) atoms. The number of amides is 1. The second kappa shape index (κ2) is 9.58. The van der Waals surface area contributed by atoms with E-state index >= 15 is 0 Å². The topological polar surface area (TPSA) is 92.3 Å². The Morgan fingerprint density at radius 3 is 2.65 bits per heavy atom. The summed E-state index contributed by atoms with van der Waals surface area (Å²) in [6.45, 7) is 4.18. The number of carbonyl (C=O) groups is 1. The number of piperidine rings is 1. The fourth-order valence-electron chi connectivity index (χ4n) is 5.60. The maximum absolute atomic E-state index is 12.8. The SMILES string of the molecule is CC=CN1CCC(c2ccc(C(C(N)=O)c3cc(-c4c[nH]c5ccccc45)c4nccn4n3)cc2)CC1. The monoisotopic (exact) mass is 490 g/mol. The van der Waals surface area contributed by atoms with E-state index in [0.717, 1.165) is 59.2 Å². The Labute approximate surface area is 215 Å². The molecule has 3 N–H and O–H groups in total. The van der Waals surface area contributed by atoms with Crippen LogP contribution in [0.25, 0.3) is 27.7 Å². The normalized spacial score (nSPS) is 15.6. The highest BCUT2D eigenvalue weighted by atomic mass is 16.1. The Bertz CT molecular complexity index is 1590. The van der Waals surface area contributed by atoms with Crippen molar-refractivity contribution in [1.82, 2.24) is 24.5 Å². The lowest BCUT2D eigenvalue weighted by atomic mass is 9.87. The molecule has 0 bridgehead atoms. The molecule has 1 saturated heterocycles. The highest BCUT2D eigenvalue weighted by Gasteiger charge is 2.26. The highest BCUT2D eigenvalue weighted by molar-refractivity contribution is 5.99. The van der Waals surface area contributed by atoms with Crippen LogP contribution in [0, 0.1) is 0 Å². The number of nitrogens with one attached hydrogen (secondary N) is 1. The smallest absolute Gasteiger partial charge is 0.231 e. The van der Waals surface area contributed by atoms with Gasteiger partial charge in [-0.05, 0) is 55.1 Å². The molecular weight excluding hydrogens is 460 g/mol. The van der Waals surface area contributed by atoms with E-state index in [1.165, 1.54) is 5.56 Å². The Morgan fingerprint density at radius 1 is 1.11 bits per heavy atom. The number of aromatic nitrogens is 4. The van der Waals surface area contributed by atoms with Gasteiger partial charge in [0.25, 0.3) is 0 Å². The van der Waals surface area contributed by atoms with E-state index in [1.807, 2.05) is 42.6 Å². The summed E-state index contributed by atoms with van der Waals surface area (Å²) >= 11 is 0. The highest BCUT2D eigenvalue weighted by Crippen LogP contribution is 2.35. The summed E-state index contributed by atoms with van der Waals surface area (Å²) in [4.78, 5) is 23.1. The molecule has 5 aromatic rings. The molecule has 1 amide bonds. The molecule has 1 fully saturated rings. The number of allylic oxidation sites excluding steroid dienone is 1. The molecule has 0 radical (unpaired) electrons. The van der Waals surface area contributed by atoms with Gasteiger partial charge in [-0.1, -0.05) is 48.5 Å². The van der Waals surface area contributed by atoms with Crippen molar-refractivity contribution >= 4 is 22.5 Å². The van der Waals surface area contributed by atoms with Gasteiger partial charge in [0, 0.05) is 53.7 Å². The minimum absolute atomic E-state index is 0.427. The minimum atomic E-state index is -0.665. The summed E-state index contributed by atoms with van der Waals surface area (Å²) < 4.78 is 1.73. The van der Waals surface area contributed by atoms with Gasteiger partial charge in [-0.2, -0.15) is 5.10 Å². The fourth-order valence-corrected chi connectivity index (χ4v) is 5.60. The zero-order valence-electron chi connectivity index (χ0n) is 20.8. The minimum Gasteiger partial charge on any atom is -0.378 e. The molecule has 0 spiro atoms. The van der Waals surface area contributed by atoms with Crippen molar-refractivity contribution in [1.29, 1.82) is 0 Å². The first-order valence-electron chi connectivity index (χ1n) is 12.8. The number of hydrogen-bond acceptors (Lipinski definition) is 4. The number of H-pyrrole nitrogens is 1. The molecule has 1 unspecified atom stereocenters. The van der Waals surface area contributed by atoms with E-state index in [2.05, 4.69) is 52.3 Å². The van der Waals surface area contributed by atoms with Gasteiger partial charge < -0.3 is 15.6 Å². The van der Waals surface area contributed by atoms with E-state index in [-0.39, 0.29) is 0 Å². The number of nitrogens with zero attached hydrogens (tertiary/aromatic N) is 4. The third-order valence-electron chi connectivity index (χ3n) is 7.47. The van der Waals surface area contributed by atoms with Gasteiger partial charge in [-0.25, -0.2) is 9.50 Å². The quantitative estimate of drug-likeness (QED) is 0.342. The van der Waals surface area contributed by atoms with Crippen LogP contribution < -0.4 is 5.73 Å². The zero-order valence-corrected chi connectivity index (χ0v) is 20.8. The molecule has 1 aliphatic heterocycles. The molecule has 3 aromatic heterocycles. The summed E-state index contributed by atoms with van der Waals surface area (Å²) in [5, 5.41) is 5.84. The van der Waals surface area contributed by atoms with Crippen LogP contribution in [0.3, 0.4) is 0 Å². The van der Waals surface area contributed by atoms with Gasteiger partial charge in [0.05, 0.1) is 5.69 Å². The predicted molar refractivity (Wildman–Crippen MR) is 146 cm³/mol. The first kappa shape index (κ1) is 23.0. The largest absolute Gasteiger partial charge is 0.378 e. The molecule has 1 aliphatic rings. The number of primary amides is 1. The van der Waals surface area contributed by atoms with E-state index in [0.29, 0.717) is 11.6 Å². The fraction of sp³-hybridized carbons (Fsp3) is 0.233. The Kier molecular flexibility index (Phi) is 5.96. The third kappa shape index (κ3) is 4.27. The number of nitrogens with two attached hydrogens (primary N) is 1. The Morgan fingerprint density at radius 2 is 1.89 bits per heavy atom. The Balaban J connectivity index is 1.36. The number of para-hydroxylation sites is 1. The summed E-state index contributed by atoms with van der Waals surface area (Å²) in [7, 11) is 0. The van der Waals surface area contributed by atoms with Crippen molar-refractivity contribution in [2.75, 3.05) is 13.1 Å². The standard InChI is InChI=1S/C30H30N6O/c1-2-14-35-15-11-21(12-16-35)20-7-9-22(10-8-20)28(29(31)37)27-18-24(30-32-13-17-36(30)34-27)25-19-33-26-6-4-3-5-23(25)26/h2-10,13-14,17-19,21,28,33H,11-12,15-16H2,1H3,(H2,31,37). The maximum atomic E-state index is 12.8. The van der Waals surface area contributed by atoms with Crippen LogP contribution in [-0.2, 0) is 4.79 Å². The van der Waals surface area contributed by atoms with Crippen LogP contribution in [0.2, 0.25) is 0 Å². The first-order chi connectivity index (χ1) is 18.1. The van der Waals surface area contributed by atoms with Crippen molar-refractivity contribution in [3.63, 3.8) is 0 Å². The van der Waals surface area contributed by atoms with Crippen LogP contribution >= 0.6 is 0 Å². The number of carbonyl (C=O) groups excluding carboxylic acids is 1. The van der Waals surface area contributed by atoms with E-state index in [4.69, 9.17) is 10.8 Å². The van der Waals surface area contributed by atoms with Gasteiger partial charge in [0.2, 0.25) is 5.91 Å². The van der Waals surface area contributed by atoms with E-state index in [1.54, 1.807) is 16.9 Å². The third-order valence-corrected chi connectivity index (χ3v) is 7.47. The molecular formula is C30H30N6O. The van der Waals surface area contributed by atoms with Gasteiger partial charge in [-0.15, -0.1) is 0 Å². The van der Waals surface area contributed by atoms with Crippen LogP contribution in [0.4, 0.5) is 0 Å². The van der Waals surface area contributed by atoms with Crippen LogP contribution in [0.1, 0.15) is 48.4 Å². The Hall–Kier alpha value is -4.39. The second-order valence-electron chi connectivity index (χ2n) is 9.72. The number of likely N-dealkylation sites (tertiary alicyclic amines) is 1. The van der Waals surface area contributed by atoms with Gasteiger partial charge in [-0.3, -0.25) is 4.79 Å². The average Bonchev–Trinajstić information content (AvgIpc) is 3.57. The number of fused-ring (bicyclic) bond motifs is 2. The summed E-state index contributed by atoms with van der Waals surface area (Å²) in [6, 6.07) is 18.5. The van der Waals surface area contributed by atoms with Gasteiger partial charge >= 0.3 is 0 Å². The number of imidazole rings is 1. The molecule has 0 aliphatic carbocycles. The summed E-state index contributed by atoms with van der Waals surface area (Å²) in [5.41, 5.74) is 12.4. The van der Waals surface area contributed by atoms with Crippen LogP contribution in [-0.4, -0.2) is 43.5 Å². The number of aromatic amines is 1. The first-order valence-corrected chi connectivity index (χ1v) is 12.8. The number of benzene rings is 2. The van der Waals surface area contributed by atoms with Crippen molar-refractivity contribution in [3.8, 4) is 11.1 Å². The van der Waals surface area contributed by atoms with Crippen molar-refractivity contribution < 1.29 is 4.79 Å². The molecule has 4 heterocycles. The van der Waals surface area contributed by atoms with Crippen molar-refractivity contribution in [2.24, 2.45) is 5.73 Å². The molecule has 1 atom stereocenters.